The number of ether oxygens (including phenoxy) is 1. The molecule has 126 valence electrons. The molecule has 2 rings (SSSR count). The van der Waals surface area contributed by atoms with Gasteiger partial charge in [0.15, 0.2) is 0 Å². The van der Waals surface area contributed by atoms with Gasteiger partial charge in [-0.3, -0.25) is 9.59 Å². The molecule has 0 radical (unpaired) electrons. The number of methoxy groups -OCH3 is 1. The van der Waals surface area contributed by atoms with Crippen molar-refractivity contribution in [1.29, 1.82) is 0 Å². The lowest BCUT2D eigenvalue weighted by molar-refractivity contribution is -0.129. The van der Waals surface area contributed by atoms with Gasteiger partial charge in [-0.05, 0) is 24.1 Å². The van der Waals surface area contributed by atoms with E-state index in [9.17, 15) is 9.59 Å². The van der Waals surface area contributed by atoms with Gasteiger partial charge in [-0.2, -0.15) is 0 Å². The molecule has 0 bridgehead atoms. The second kappa shape index (κ2) is 7.02. The fourth-order valence-electron chi connectivity index (χ4n) is 2.54. The molecule has 1 aromatic carbocycles. The average Bonchev–Trinajstić information content (AvgIpc) is 2.84. The highest BCUT2D eigenvalue weighted by Gasteiger charge is 2.32. The number of carbonyl (C=O) groups is 2. The average molecular weight is 318 g/mol. The Labute approximate surface area is 138 Å². The Bertz CT molecular complexity index is 561. The van der Waals surface area contributed by atoms with Crippen molar-refractivity contribution < 1.29 is 14.3 Å². The zero-order valence-corrected chi connectivity index (χ0v) is 14.4. The summed E-state index contributed by atoms with van der Waals surface area (Å²) in [7, 11) is 1.64. The third kappa shape index (κ3) is 4.71. The predicted octanol–water partition coefficient (Wildman–Crippen LogP) is 2.00. The molecule has 5 nitrogen and oxygen atoms in total. The van der Waals surface area contributed by atoms with Gasteiger partial charge in [0.05, 0.1) is 13.2 Å². The van der Waals surface area contributed by atoms with E-state index in [4.69, 9.17) is 4.74 Å². The van der Waals surface area contributed by atoms with Crippen LogP contribution in [0.15, 0.2) is 24.3 Å². The van der Waals surface area contributed by atoms with Crippen LogP contribution in [0.3, 0.4) is 0 Å². The molecule has 1 heterocycles. The maximum atomic E-state index is 12.1. The number of rotatable bonds is 5. The molecule has 1 aliphatic heterocycles. The molecule has 1 atom stereocenters. The maximum absolute atomic E-state index is 12.1. The van der Waals surface area contributed by atoms with Gasteiger partial charge in [-0.1, -0.05) is 32.9 Å². The summed E-state index contributed by atoms with van der Waals surface area (Å²) in [6.45, 7) is 6.89. The lowest BCUT2D eigenvalue weighted by Gasteiger charge is -2.21. The minimum atomic E-state index is -0.431. The van der Waals surface area contributed by atoms with Crippen LogP contribution in [0.25, 0.3) is 0 Å². The Morgan fingerprint density at radius 2 is 1.96 bits per heavy atom. The van der Waals surface area contributed by atoms with E-state index < -0.39 is 5.41 Å². The van der Waals surface area contributed by atoms with Crippen molar-refractivity contribution in [2.75, 3.05) is 20.2 Å². The summed E-state index contributed by atoms with van der Waals surface area (Å²) >= 11 is 0. The fourth-order valence-corrected chi connectivity index (χ4v) is 2.54. The van der Waals surface area contributed by atoms with Gasteiger partial charge in [-0.25, -0.2) is 0 Å². The summed E-state index contributed by atoms with van der Waals surface area (Å²) in [5.74, 6) is 0.931. The van der Waals surface area contributed by atoms with E-state index in [0.717, 1.165) is 12.2 Å². The Hall–Kier alpha value is -2.04. The zero-order valence-electron chi connectivity index (χ0n) is 14.4. The van der Waals surface area contributed by atoms with Crippen LogP contribution in [-0.4, -0.2) is 43.0 Å². The minimum absolute atomic E-state index is 0.00713. The topological polar surface area (TPSA) is 58.6 Å². The van der Waals surface area contributed by atoms with Crippen LogP contribution in [0, 0.1) is 5.41 Å². The number of nitrogens with zero attached hydrogens (tertiary/aromatic N) is 1. The summed E-state index contributed by atoms with van der Waals surface area (Å²) < 4.78 is 5.14. The number of nitrogens with one attached hydrogen (secondary N) is 1. The number of likely N-dealkylation sites (tertiary alicyclic amines) is 1. The van der Waals surface area contributed by atoms with Crippen molar-refractivity contribution in [2.45, 2.75) is 39.7 Å². The SMILES string of the molecule is COc1ccc(CCN2C[C@H](NC(=O)C(C)(C)C)CC2=O)cc1. The lowest BCUT2D eigenvalue weighted by Crippen LogP contribution is -2.43. The molecule has 0 spiro atoms. The molecule has 1 N–H and O–H groups in total. The van der Waals surface area contributed by atoms with Gasteiger partial charge in [0, 0.05) is 24.9 Å². The number of amides is 2. The molecule has 23 heavy (non-hydrogen) atoms. The molecular weight excluding hydrogens is 292 g/mol. The van der Waals surface area contributed by atoms with E-state index in [2.05, 4.69) is 5.32 Å². The van der Waals surface area contributed by atoms with Gasteiger partial charge >= 0.3 is 0 Å². The third-order valence-electron chi connectivity index (χ3n) is 4.06. The van der Waals surface area contributed by atoms with Crippen LogP contribution in [0.5, 0.6) is 5.75 Å². The lowest BCUT2D eigenvalue weighted by atomic mass is 9.95. The Morgan fingerprint density at radius 1 is 1.30 bits per heavy atom. The first-order chi connectivity index (χ1) is 10.8. The molecule has 1 aromatic rings. The first-order valence-electron chi connectivity index (χ1n) is 8.01. The number of benzene rings is 1. The first kappa shape index (κ1) is 17.3. The van der Waals surface area contributed by atoms with Crippen LogP contribution in [0.1, 0.15) is 32.8 Å². The number of hydrogen-bond acceptors (Lipinski definition) is 3. The highest BCUT2D eigenvalue weighted by atomic mass is 16.5. The van der Waals surface area contributed by atoms with Crippen molar-refractivity contribution in [3.05, 3.63) is 29.8 Å². The van der Waals surface area contributed by atoms with Gasteiger partial charge < -0.3 is 15.0 Å². The van der Waals surface area contributed by atoms with Gasteiger partial charge in [0.2, 0.25) is 11.8 Å². The molecule has 2 amide bonds. The van der Waals surface area contributed by atoms with Gasteiger partial charge in [-0.15, -0.1) is 0 Å². The first-order valence-corrected chi connectivity index (χ1v) is 8.01. The largest absolute Gasteiger partial charge is 0.497 e. The quantitative estimate of drug-likeness (QED) is 0.903. The number of hydrogen-bond donors (Lipinski definition) is 1. The summed E-state index contributed by atoms with van der Waals surface area (Å²) in [5.41, 5.74) is 0.736. The van der Waals surface area contributed by atoms with E-state index in [-0.39, 0.29) is 17.9 Å². The highest BCUT2D eigenvalue weighted by Crippen LogP contribution is 2.18. The maximum Gasteiger partial charge on any atom is 0.225 e. The van der Waals surface area contributed by atoms with Crippen molar-refractivity contribution in [3.63, 3.8) is 0 Å². The van der Waals surface area contributed by atoms with E-state index in [0.29, 0.717) is 19.5 Å². The zero-order chi connectivity index (χ0) is 17.0. The van der Waals surface area contributed by atoms with E-state index in [1.807, 2.05) is 49.9 Å². The second-order valence-electron chi connectivity index (χ2n) is 7.06. The molecule has 0 unspecified atom stereocenters. The van der Waals surface area contributed by atoms with Crippen LogP contribution in [0.4, 0.5) is 0 Å². The summed E-state index contributed by atoms with van der Waals surface area (Å²) in [5, 5.41) is 2.97. The molecule has 1 fully saturated rings. The molecule has 5 heteroatoms. The van der Waals surface area contributed by atoms with Crippen molar-refractivity contribution in [2.24, 2.45) is 5.41 Å². The van der Waals surface area contributed by atoms with Gasteiger partial charge in [0.1, 0.15) is 5.75 Å². The molecule has 1 saturated heterocycles. The molecule has 0 aromatic heterocycles. The summed E-state index contributed by atoms with van der Waals surface area (Å²) in [6.07, 6.45) is 1.19. The van der Waals surface area contributed by atoms with Crippen LogP contribution >= 0.6 is 0 Å². The van der Waals surface area contributed by atoms with Crippen LogP contribution in [0.2, 0.25) is 0 Å². The Kier molecular flexibility index (Phi) is 5.29. The minimum Gasteiger partial charge on any atom is -0.497 e. The molecular formula is C18H26N2O3. The van der Waals surface area contributed by atoms with Crippen molar-refractivity contribution in [1.82, 2.24) is 10.2 Å². The third-order valence-corrected chi connectivity index (χ3v) is 4.06. The fraction of sp³-hybridized carbons (Fsp3) is 0.556. The highest BCUT2D eigenvalue weighted by molar-refractivity contribution is 5.84. The van der Waals surface area contributed by atoms with E-state index in [1.165, 1.54) is 5.56 Å². The van der Waals surface area contributed by atoms with Crippen LogP contribution < -0.4 is 10.1 Å². The summed E-state index contributed by atoms with van der Waals surface area (Å²) in [6, 6.07) is 7.79. The molecule has 0 aliphatic carbocycles. The standard InChI is InChI=1S/C18H26N2O3/c1-18(2,3)17(22)19-14-11-16(21)20(12-14)10-9-13-5-7-15(23-4)8-6-13/h5-8,14H,9-12H2,1-4H3,(H,19,22)/t14-/m1/s1. The molecule has 1 aliphatic rings. The summed E-state index contributed by atoms with van der Waals surface area (Å²) in [4.78, 5) is 25.9. The predicted molar refractivity (Wildman–Crippen MR) is 89.3 cm³/mol. The Balaban J connectivity index is 1.84. The number of carbonyl (C=O) groups excluding carboxylic acids is 2. The Morgan fingerprint density at radius 3 is 2.52 bits per heavy atom. The second-order valence-corrected chi connectivity index (χ2v) is 7.06. The smallest absolute Gasteiger partial charge is 0.225 e. The van der Waals surface area contributed by atoms with Crippen molar-refractivity contribution >= 4 is 11.8 Å². The van der Waals surface area contributed by atoms with E-state index >= 15 is 0 Å². The van der Waals surface area contributed by atoms with Crippen LogP contribution in [-0.2, 0) is 16.0 Å². The van der Waals surface area contributed by atoms with Crippen molar-refractivity contribution in [3.8, 4) is 5.75 Å². The normalized spacial score (nSPS) is 18.2. The molecule has 0 saturated carbocycles. The monoisotopic (exact) mass is 318 g/mol. The van der Waals surface area contributed by atoms with Gasteiger partial charge in [0.25, 0.3) is 0 Å². The van der Waals surface area contributed by atoms with E-state index in [1.54, 1.807) is 7.11 Å².